The highest BCUT2D eigenvalue weighted by Crippen LogP contribution is 2.52. The molecule has 1 fully saturated rings. The van der Waals surface area contributed by atoms with E-state index in [1.54, 1.807) is 0 Å². The lowest BCUT2D eigenvalue weighted by Gasteiger charge is -2.48. The second-order valence-corrected chi connectivity index (χ2v) is 5.22. The molecule has 1 aliphatic carbocycles. The summed E-state index contributed by atoms with van der Waals surface area (Å²) in [6.07, 6.45) is 0. The minimum absolute atomic E-state index is 0.156. The maximum Gasteiger partial charge on any atom is 0.142 e. The summed E-state index contributed by atoms with van der Waals surface area (Å²) in [4.78, 5) is 13.3. The van der Waals surface area contributed by atoms with Crippen molar-refractivity contribution in [2.45, 2.75) is 20.8 Å². The molecule has 3 heteroatoms. The van der Waals surface area contributed by atoms with Crippen molar-refractivity contribution in [3.05, 3.63) is 9.47 Å². The van der Waals surface area contributed by atoms with Gasteiger partial charge in [0.05, 0.1) is 0 Å². The van der Waals surface area contributed by atoms with Crippen LogP contribution in [0.3, 0.4) is 0 Å². The van der Waals surface area contributed by atoms with Crippen LogP contribution in [0.2, 0.25) is 0 Å². The largest absolute Gasteiger partial charge is 0.299 e. The number of carbonyl (C=O) groups excluding carboxylic acids is 1. The van der Waals surface area contributed by atoms with Gasteiger partial charge in [-0.15, -0.1) is 0 Å². The summed E-state index contributed by atoms with van der Waals surface area (Å²) < 4.78 is 1.08. The van der Waals surface area contributed by atoms with E-state index in [0.29, 0.717) is 11.7 Å². The maximum absolute atomic E-state index is 11.5. The van der Waals surface area contributed by atoms with Gasteiger partial charge in [0.25, 0.3) is 0 Å². The smallest absolute Gasteiger partial charge is 0.142 e. The predicted octanol–water partition coefficient (Wildman–Crippen LogP) is 3.48. The number of hydrogen-bond donors (Lipinski definition) is 0. The van der Waals surface area contributed by atoms with E-state index in [9.17, 15) is 4.79 Å². The first-order valence-electron chi connectivity index (χ1n) is 3.93. The minimum atomic E-state index is -0.192. The van der Waals surface area contributed by atoms with Gasteiger partial charge in [0.1, 0.15) is 5.78 Å². The number of rotatable bonds is 1. The highest BCUT2D eigenvalue weighted by Gasteiger charge is 2.54. The molecule has 0 aliphatic heterocycles. The van der Waals surface area contributed by atoms with Crippen LogP contribution in [-0.2, 0) is 4.79 Å². The Bertz CT molecular complexity index is 243. The Morgan fingerprint density at radius 2 is 2.08 bits per heavy atom. The topological polar surface area (TPSA) is 17.1 Å². The van der Waals surface area contributed by atoms with Crippen molar-refractivity contribution >= 4 is 37.6 Å². The molecule has 1 nitrogen and oxygen atoms in total. The van der Waals surface area contributed by atoms with Crippen molar-refractivity contribution < 1.29 is 4.79 Å². The van der Waals surface area contributed by atoms with Crippen LogP contribution in [0.1, 0.15) is 20.8 Å². The third-order valence-corrected chi connectivity index (χ3v) is 4.56. The third-order valence-electron chi connectivity index (χ3n) is 2.73. The number of Topliss-reactive ketones (excluding diaryl/α,β-unsaturated/α-hetero) is 1. The van der Waals surface area contributed by atoms with Crippen LogP contribution in [0.25, 0.3) is 0 Å². The molecular formula is C9H12Br2O. The van der Waals surface area contributed by atoms with Crippen LogP contribution in [0.4, 0.5) is 0 Å². The third kappa shape index (κ3) is 1.31. The second kappa shape index (κ2) is 3.26. The SMILES string of the molecule is CC1C(=O)C(C)(C)C1C(Br)=CBr. The van der Waals surface area contributed by atoms with E-state index < -0.39 is 0 Å². The van der Waals surface area contributed by atoms with Gasteiger partial charge < -0.3 is 0 Å². The van der Waals surface area contributed by atoms with Crippen LogP contribution in [0.5, 0.6) is 0 Å². The lowest BCUT2D eigenvalue weighted by molar-refractivity contribution is -0.148. The Kier molecular flexibility index (Phi) is 2.84. The monoisotopic (exact) mass is 294 g/mol. The Balaban J connectivity index is 2.88. The molecule has 2 unspecified atom stereocenters. The van der Waals surface area contributed by atoms with Gasteiger partial charge in [-0.1, -0.05) is 52.6 Å². The number of allylic oxidation sites excluding steroid dienone is 1. The van der Waals surface area contributed by atoms with E-state index in [4.69, 9.17) is 0 Å². The molecule has 68 valence electrons. The molecule has 2 atom stereocenters. The molecule has 0 spiro atoms. The number of halogens is 2. The lowest BCUT2D eigenvalue weighted by atomic mass is 9.55. The van der Waals surface area contributed by atoms with E-state index in [2.05, 4.69) is 31.9 Å². The molecule has 1 rings (SSSR count). The van der Waals surface area contributed by atoms with E-state index in [1.807, 2.05) is 25.8 Å². The minimum Gasteiger partial charge on any atom is -0.299 e. The zero-order valence-electron chi connectivity index (χ0n) is 7.40. The average Bonchev–Trinajstić information content (AvgIpc) is 2.03. The molecule has 0 heterocycles. The summed E-state index contributed by atoms with van der Waals surface area (Å²) in [7, 11) is 0. The molecule has 12 heavy (non-hydrogen) atoms. The summed E-state index contributed by atoms with van der Waals surface area (Å²) >= 11 is 6.73. The number of carbonyl (C=O) groups is 1. The lowest BCUT2D eigenvalue weighted by Crippen LogP contribution is -2.53. The van der Waals surface area contributed by atoms with Crippen LogP contribution in [0, 0.1) is 17.3 Å². The summed E-state index contributed by atoms with van der Waals surface area (Å²) in [6, 6.07) is 0. The zero-order chi connectivity index (χ0) is 9.52. The number of hydrogen-bond acceptors (Lipinski definition) is 1. The quantitative estimate of drug-likeness (QED) is 0.724. The molecule has 0 N–H and O–H groups in total. The molecule has 0 aromatic carbocycles. The second-order valence-electron chi connectivity index (χ2n) is 3.85. The molecule has 1 aliphatic rings. The van der Waals surface area contributed by atoms with E-state index in [0.717, 1.165) is 4.48 Å². The molecular weight excluding hydrogens is 284 g/mol. The molecule has 0 aromatic rings. The molecule has 0 bridgehead atoms. The Labute approximate surface area is 89.9 Å². The van der Waals surface area contributed by atoms with Gasteiger partial charge in [-0.3, -0.25) is 4.79 Å². The summed E-state index contributed by atoms with van der Waals surface area (Å²) in [6.45, 7) is 5.98. The Morgan fingerprint density at radius 3 is 2.42 bits per heavy atom. The van der Waals surface area contributed by atoms with Gasteiger partial charge in [0, 0.05) is 21.7 Å². The van der Waals surface area contributed by atoms with Crippen molar-refractivity contribution in [1.29, 1.82) is 0 Å². The van der Waals surface area contributed by atoms with Gasteiger partial charge >= 0.3 is 0 Å². The number of ketones is 1. The standard InChI is InChI=1S/C9H12Br2O/c1-5-7(6(11)4-10)9(2,3)8(5)12/h4-5,7H,1-3H3. The fourth-order valence-electron chi connectivity index (χ4n) is 2.07. The summed E-state index contributed by atoms with van der Waals surface area (Å²) in [5.74, 6) is 0.853. The highest BCUT2D eigenvalue weighted by atomic mass is 79.9. The summed E-state index contributed by atoms with van der Waals surface area (Å²) in [5, 5.41) is 0. The van der Waals surface area contributed by atoms with Gasteiger partial charge in [0.2, 0.25) is 0 Å². The van der Waals surface area contributed by atoms with E-state index in [-0.39, 0.29) is 11.3 Å². The van der Waals surface area contributed by atoms with Crippen molar-refractivity contribution in [3.8, 4) is 0 Å². The first kappa shape index (κ1) is 10.5. The van der Waals surface area contributed by atoms with Crippen LogP contribution >= 0.6 is 31.9 Å². The van der Waals surface area contributed by atoms with Crippen molar-refractivity contribution in [2.24, 2.45) is 17.3 Å². The Morgan fingerprint density at radius 1 is 1.58 bits per heavy atom. The van der Waals surface area contributed by atoms with E-state index >= 15 is 0 Å². The molecule has 0 amide bonds. The first-order valence-corrected chi connectivity index (χ1v) is 5.64. The van der Waals surface area contributed by atoms with Gasteiger partial charge in [-0.2, -0.15) is 0 Å². The van der Waals surface area contributed by atoms with Crippen molar-refractivity contribution in [2.75, 3.05) is 0 Å². The van der Waals surface area contributed by atoms with E-state index in [1.165, 1.54) is 0 Å². The predicted molar refractivity (Wildman–Crippen MR) is 57.4 cm³/mol. The van der Waals surface area contributed by atoms with Crippen molar-refractivity contribution in [1.82, 2.24) is 0 Å². The highest BCUT2D eigenvalue weighted by molar-refractivity contribution is 9.14. The maximum atomic E-state index is 11.5. The fraction of sp³-hybridized carbons (Fsp3) is 0.667. The van der Waals surface area contributed by atoms with Crippen LogP contribution < -0.4 is 0 Å². The summed E-state index contributed by atoms with van der Waals surface area (Å²) in [5.41, 5.74) is -0.192. The fourth-order valence-corrected chi connectivity index (χ4v) is 3.33. The normalized spacial score (nSPS) is 34.8. The zero-order valence-corrected chi connectivity index (χ0v) is 10.6. The first-order chi connectivity index (χ1) is 5.42. The average molecular weight is 296 g/mol. The van der Waals surface area contributed by atoms with Crippen LogP contribution in [-0.4, -0.2) is 5.78 Å². The van der Waals surface area contributed by atoms with Crippen molar-refractivity contribution in [3.63, 3.8) is 0 Å². The Hall–Kier alpha value is 0.370. The van der Waals surface area contributed by atoms with Crippen LogP contribution in [0.15, 0.2) is 9.47 Å². The molecule has 0 aromatic heterocycles. The van der Waals surface area contributed by atoms with Gasteiger partial charge in [0.15, 0.2) is 0 Å². The molecule has 0 radical (unpaired) electrons. The molecule has 1 saturated carbocycles. The van der Waals surface area contributed by atoms with Gasteiger partial charge in [-0.05, 0) is 4.99 Å². The van der Waals surface area contributed by atoms with Gasteiger partial charge in [-0.25, -0.2) is 0 Å². The molecule has 0 saturated heterocycles.